The average Bonchev–Trinajstić information content (AvgIpc) is 2.05. The van der Waals surface area contributed by atoms with Crippen molar-refractivity contribution in [2.75, 3.05) is 0 Å². The molecule has 1 aromatic carbocycles. The summed E-state index contributed by atoms with van der Waals surface area (Å²) in [6, 6.07) is 9.22. The van der Waals surface area contributed by atoms with Gasteiger partial charge in [-0.15, -0.1) is 0 Å². The van der Waals surface area contributed by atoms with Crippen molar-refractivity contribution in [3.8, 4) is 0 Å². The summed E-state index contributed by atoms with van der Waals surface area (Å²) in [7, 11) is 0. The van der Waals surface area contributed by atoms with Crippen molar-refractivity contribution in [3.05, 3.63) is 30.3 Å². The maximum absolute atomic E-state index is 10.7. The van der Waals surface area contributed by atoms with Gasteiger partial charge in [0.15, 0.2) is 4.21 Å². The third kappa shape index (κ3) is 2.94. The Hall–Kier alpha value is -0.670. The molecular weight excluding hydrogens is 208 g/mol. The van der Waals surface area contributed by atoms with Gasteiger partial charge in [0, 0.05) is 4.90 Å². The summed E-state index contributed by atoms with van der Waals surface area (Å²) in [6.07, 6.45) is 0. The quantitative estimate of drug-likeness (QED) is 0.624. The van der Waals surface area contributed by atoms with E-state index >= 15 is 0 Å². The standard InChI is InChI=1S/C9H9ClO2S/c1-9(10,8(11)12)13-7-5-3-2-4-6-7/h2-6H,1H3,(H,11,12). The number of carboxylic acids is 1. The van der Waals surface area contributed by atoms with Gasteiger partial charge in [0.05, 0.1) is 0 Å². The molecule has 1 unspecified atom stereocenters. The van der Waals surface area contributed by atoms with Crippen LogP contribution >= 0.6 is 23.4 Å². The summed E-state index contributed by atoms with van der Waals surface area (Å²) in [5.41, 5.74) is 0. The van der Waals surface area contributed by atoms with Crippen LogP contribution in [-0.4, -0.2) is 15.3 Å². The van der Waals surface area contributed by atoms with Gasteiger partial charge in [-0.05, 0) is 19.1 Å². The van der Waals surface area contributed by atoms with Crippen molar-refractivity contribution in [1.29, 1.82) is 0 Å². The monoisotopic (exact) mass is 216 g/mol. The van der Waals surface area contributed by atoms with E-state index in [-0.39, 0.29) is 0 Å². The molecule has 0 aliphatic rings. The molecule has 1 aromatic rings. The fourth-order valence-electron chi connectivity index (χ4n) is 0.754. The zero-order valence-electron chi connectivity index (χ0n) is 7.03. The Kier molecular flexibility index (Phi) is 3.22. The van der Waals surface area contributed by atoms with Gasteiger partial charge in [-0.25, -0.2) is 4.79 Å². The number of rotatable bonds is 3. The topological polar surface area (TPSA) is 37.3 Å². The minimum Gasteiger partial charge on any atom is -0.479 e. The number of alkyl halides is 1. The number of carboxylic acid groups (broad SMARTS) is 1. The van der Waals surface area contributed by atoms with Crippen molar-refractivity contribution in [2.24, 2.45) is 0 Å². The highest BCUT2D eigenvalue weighted by Crippen LogP contribution is 2.35. The van der Waals surface area contributed by atoms with Crippen molar-refractivity contribution >= 4 is 29.3 Å². The molecule has 1 rings (SSSR count). The van der Waals surface area contributed by atoms with Crippen LogP contribution in [0.3, 0.4) is 0 Å². The molecule has 0 fully saturated rings. The first-order chi connectivity index (χ1) is 6.02. The lowest BCUT2D eigenvalue weighted by Crippen LogP contribution is -2.23. The molecule has 0 spiro atoms. The molecule has 1 atom stereocenters. The van der Waals surface area contributed by atoms with Crippen LogP contribution in [0.1, 0.15) is 6.92 Å². The molecule has 0 saturated carbocycles. The van der Waals surface area contributed by atoms with Crippen LogP contribution in [0, 0.1) is 0 Å². The predicted molar refractivity (Wildman–Crippen MR) is 54.2 cm³/mol. The number of hydrogen-bond donors (Lipinski definition) is 1. The van der Waals surface area contributed by atoms with E-state index < -0.39 is 10.2 Å². The fourth-order valence-corrected chi connectivity index (χ4v) is 1.84. The molecule has 2 nitrogen and oxygen atoms in total. The van der Waals surface area contributed by atoms with Gasteiger partial charge in [-0.3, -0.25) is 0 Å². The molecule has 0 aliphatic carbocycles. The molecule has 0 aromatic heterocycles. The van der Waals surface area contributed by atoms with Crippen molar-refractivity contribution in [3.63, 3.8) is 0 Å². The Bertz CT molecular complexity index is 298. The molecule has 4 heteroatoms. The first-order valence-corrected chi connectivity index (χ1v) is 4.88. The molecule has 13 heavy (non-hydrogen) atoms. The summed E-state index contributed by atoms with van der Waals surface area (Å²) in [5.74, 6) is -1.02. The number of benzene rings is 1. The van der Waals surface area contributed by atoms with Crippen molar-refractivity contribution < 1.29 is 9.90 Å². The summed E-state index contributed by atoms with van der Waals surface area (Å²) in [6.45, 7) is 1.47. The van der Waals surface area contributed by atoms with E-state index in [1.807, 2.05) is 30.3 Å². The molecule has 0 bridgehead atoms. The summed E-state index contributed by atoms with van der Waals surface area (Å²) in [5, 5.41) is 8.75. The minimum absolute atomic E-state index is 0.849. The maximum atomic E-state index is 10.7. The van der Waals surface area contributed by atoms with Crippen molar-refractivity contribution in [2.45, 2.75) is 16.0 Å². The Morgan fingerprint density at radius 1 is 1.46 bits per heavy atom. The normalized spacial score (nSPS) is 14.9. The Morgan fingerprint density at radius 3 is 2.46 bits per heavy atom. The molecule has 0 amide bonds. The molecule has 0 heterocycles. The van der Waals surface area contributed by atoms with E-state index in [4.69, 9.17) is 16.7 Å². The lowest BCUT2D eigenvalue weighted by molar-refractivity contribution is -0.137. The largest absolute Gasteiger partial charge is 0.479 e. The van der Waals surface area contributed by atoms with E-state index in [0.29, 0.717) is 0 Å². The lowest BCUT2D eigenvalue weighted by Gasteiger charge is -2.15. The number of hydrogen-bond acceptors (Lipinski definition) is 2. The van der Waals surface area contributed by atoms with Gasteiger partial charge in [-0.2, -0.15) is 0 Å². The first-order valence-electron chi connectivity index (χ1n) is 3.69. The molecular formula is C9H9ClO2S. The summed E-state index contributed by atoms with van der Waals surface area (Å²) < 4.78 is -1.29. The van der Waals surface area contributed by atoms with Crippen molar-refractivity contribution in [1.82, 2.24) is 0 Å². The third-order valence-corrected chi connectivity index (χ3v) is 2.89. The SMILES string of the molecule is CC(Cl)(Sc1ccccc1)C(=O)O. The van der Waals surface area contributed by atoms with Gasteiger partial charge >= 0.3 is 5.97 Å². The molecule has 1 N–H and O–H groups in total. The molecule has 0 radical (unpaired) electrons. The maximum Gasteiger partial charge on any atom is 0.335 e. The van der Waals surface area contributed by atoms with Gasteiger partial charge in [0.1, 0.15) is 0 Å². The molecule has 70 valence electrons. The van der Waals surface area contributed by atoms with Gasteiger partial charge < -0.3 is 5.11 Å². The predicted octanol–water partition coefficient (Wildman–Crippen LogP) is 2.82. The second-order valence-electron chi connectivity index (χ2n) is 2.64. The Balaban J connectivity index is 2.75. The van der Waals surface area contributed by atoms with Crippen LogP contribution < -0.4 is 0 Å². The zero-order valence-corrected chi connectivity index (χ0v) is 8.60. The van der Waals surface area contributed by atoms with Crippen LogP contribution in [0.25, 0.3) is 0 Å². The average molecular weight is 217 g/mol. The lowest BCUT2D eigenvalue weighted by atomic mass is 10.4. The summed E-state index contributed by atoms with van der Waals surface area (Å²) in [4.78, 5) is 11.5. The highest BCUT2D eigenvalue weighted by molar-refractivity contribution is 8.02. The van der Waals surface area contributed by atoms with Crippen LogP contribution in [0.2, 0.25) is 0 Å². The van der Waals surface area contributed by atoms with E-state index in [1.165, 1.54) is 6.92 Å². The number of thioether (sulfide) groups is 1. The van der Waals surface area contributed by atoms with E-state index in [0.717, 1.165) is 16.7 Å². The van der Waals surface area contributed by atoms with E-state index in [2.05, 4.69) is 0 Å². The van der Waals surface area contributed by atoms with E-state index in [1.54, 1.807) is 0 Å². The number of aliphatic carboxylic acids is 1. The fraction of sp³-hybridized carbons (Fsp3) is 0.222. The van der Waals surface area contributed by atoms with Crippen LogP contribution in [0.4, 0.5) is 0 Å². The highest BCUT2D eigenvalue weighted by Gasteiger charge is 2.31. The van der Waals surface area contributed by atoms with Gasteiger partial charge in [-0.1, -0.05) is 41.6 Å². The second kappa shape index (κ2) is 4.03. The highest BCUT2D eigenvalue weighted by atomic mass is 35.5. The van der Waals surface area contributed by atoms with Crippen LogP contribution in [0.5, 0.6) is 0 Å². The molecule has 0 aliphatic heterocycles. The first kappa shape index (κ1) is 10.4. The van der Waals surface area contributed by atoms with E-state index in [9.17, 15) is 4.79 Å². The van der Waals surface area contributed by atoms with Crippen LogP contribution in [0.15, 0.2) is 35.2 Å². The van der Waals surface area contributed by atoms with Gasteiger partial charge in [0.2, 0.25) is 0 Å². The molecule has 0 saturated heterocycles. The smallest absolute Gasteiger partial charge is 0.335 e. The number of carbonyl (C=O) groups is 1. The second-order valence-corrected chi connectivity index (χ2v) is 5.11. The zero-order chi connectivity index (χ0) is 9.90. The van der Waals surface area contributed by atoms with Crippen LogP contribution in [-0.2, 0) is 4.79 Å². The third-order valence-electron chi connectivity index (χ3n) is 1.43. The minimum atomic E-state index is -1.29. The Morgan fingerprint density at radius 2 is 2.00 bits per heavy atom. The summed E-state index contributed by atoms with van der Waals surface area (Å²) >= 11 is 6.89. The Labute approximate surface area is 85.9 Å². The van der Waals surface area contributed by atoms with Gasteiger partial charge in [0.25, 0.3) is 0 Å². The number of halogens is 1.